The van der Waals surface area contributed by atoms with E-state index in [1.807, 2.05) is 23.4 Å². The normalized spacial score (nSPS) is 12.6. The lowest BCUT2D eigenvalue weighted by Crippen LogP contribution is -2.16. The maximum atomic E-state index is 6.38. The van der Waals surface area contributed by atoms with E-state index in [0.29, 0.717) is 0 Å². The van der Waals surface area contributed by atoms with E-state index in [4.69, 9.17) is 5.73 Å². The molecule has 0 amide bonds. The Hall–Kier alpha value is -0.780. The summed E-state index contributed by atoms with van der Waals surface area (Å²) in [6, 6.07) is 8.57. The third kappa shape index (κ3) is 3.90. The van der Waals surface area contributed by atoms with Crippen LogP contribution in [-0.2, 0) is 13.0 Å². The van der Waals surface area contributed by atoms with Crippen molar-refractivity contribution in [2.24, 2.45) is 5.73 Å². The maximum absolute atomic E-state index is 6.38. The summed E-state index contributed by atoms with van der Waals surface area (Å²) in [7, 11) is 0. The molecule has 1 heterocycles. The number of hydrogen-bond acceptors (Lipinski definition) is 3. The van der Waals surface area contributed by atoms with Gasteiger partial charge >= 0.3 is 0 Å². The summed E-state index contributed by atoms with van der Waals surface area (Å²) < 4.78 is 3.11. The number of nitrogens with two attached hydrogens (primary N) is 1. The molecule has 1 unspecified atom stereocenters. The summed E-state index contributed by atoms with van der Waals surface area (Å²) in [6.07, 6.45) is 0.787. The van der Waals surface area contributed by atoms with Gasteiger partial charge in [-0.1, -0.05) is 19.1 Å². The number of thioether (sulfide) groups is 1. The fourth-order valence-electron chi connectivity index (χ4n) is 2.37. The van der Waals surface area contributed by atoms with Crippen LogP contribution in [0.1, 0.15) is 36.8 Å². The Morgan fingerprint density at radius 1 is 1.29 bits per heavy atom. The number of aromatic nitrogens is 2. The number of aryl methyl sites for hydroxylation is 2. The quantitative estimate of drug-likeness (QED) is 0.772. The molecule has 21 heavy (non-hydrogen) atoms. The Morgan fingerprint density at radius 2 is 1.95 bits per heavy atom. The average molecular weight is 368 g/mol. The van der Waals surface area contributed by atoms with Crippen molar-refractivity contribution in [1.82, 2.24) is 9.78 Å². The standard InChI is InChI=1S/C16H22BrN3S/c1-4-20-15(16(17)11(3)19-20)10-14(18)12-6-8-13(9-7-12)21-5-2/h6-9,14H,4-5,10,18H2,1-3H3. The molecule has 1 atom stereocenters. The van der Waals surface area contributed by atoms with Crippen molar-refractivity contribution in [3.8, 4) is 0 Å². The zero-order valence-corrected chi connectivity index (χ0v) is 15.2. The lowest BCUT2D eigenvalue weighted by Gasteiger charge is -2.14. The molecular formula is C16H22BrN3S. The van der Waals surface area contributed by atoms with Gasteiger partial charge in [-0.25, -0.2) is 0 Å². The Morgan fingerprint density at radius 3 is 2.52 bits per heavy atom. The highest BCUT2D eigenvalue weighted by atomic mass is 79.9. The molecule has 0 fully saturated rings. The lowest BCUT2D eigenvalue weighted by atomic mass is 10.0. The zero-order valence-electron chi connectivity index (χ0n) is 12.8. The van der Waals surface area contributed by atoms with Gasteiger partial charge < -0.3 is 5.73 Å². The van der Waals surface area contributed by atoms with Crippen molar-refractivity contribution in [1.29, 1.82) is 0 Å². The molecule has 114 valence electrons. The van der Waals surface area contributed by atoms with Crippen molar-refractivity contribution < 1.29 is 0 Å². The fraction of sp³-hybridized carbons (Fsp3) is 0.438. The monoisotopic (exact) mass is 367 g/mol. The summed E-state index contributed by atoms with van der Waals surface area (Å²) >= 11 is 5.48. The number of hydrogen-bond donors (Lipinski definition) is 1. The van der Waals surface area contributed by atoms with Gasteiger partial charge in [0, 0.05) is 23.9 Å². The second kappa shape index (κ2) is 7.47. The van der Waals surface area contributed by atoms with Crippen LogP contribution < -0.4 is 5.73 Å². The first-order valence-corrected chi connectivity index (χ1v) is 9.04. The van der Waals surface area contributed by atoms with Crippen LogP contribution in [-0.4, -0.2) is 15.5 Å². The highest BCUT2D eigenvalue weighted by Crippen LogP contribution is 2.26. The molecule has 0 saturated heterocycles. The third-order valence-corrected chi connectivity index (χ3v) is 5.41. The molecule has 5 heteroatoms. The molecule has 0 aliphatic heterocycles. The van der Waals surface area contributed by atoms with Crippen molar-refractivity contribution in [2.45, 2.75) is 44.7 Å². The van der Waals surface area contributed by atoms with Crippen molar-refractivity contribution >= 4 is 27.7 Å². The Kier molecular flexibility index (Phi) is 5.90. The molecule has 0 saturated carbocycles. The molecule has 2 N–H and O–H groups in total. The van der Waals surface area contributed by atoms with E-state index in [0.717, 1.165) is 28.9 Å². The van der Waals surface area contributed by atoms with Crippen LogP contribution in [0.25, 0.3) is 0 Å². The maximum Gasteiger partial charge on any atom is 0.0738 e. The first-order valence-electron chi connectivity index (χ1n) is 7.26. The van der Waals surface area contributed by atoms with E-state index in [1.165, 1.54) is 16.2 Å². The zero-order chi connectivity index (χ0) is 15.4. The van der Waals surface area contributed by atoms with Gasteiger partial charge in [0.2, 0.25) is 0 Å². The smallest absolute Gasteiger partial charge is 0.0738 e. The van der Waals surface area contributed by atoms with Crippen LogP contribution in [0.4, 0.5) is 0 Å². The van der Waals surface area contributed by atoms with Crippen LogP contribution in [0.2, 0.25) is 0 Å². The van der Waals surface area contributed by atoms with E-state index in [-0.39, 0.29) is 6.04 Å². The summed E-state index contributed by atoms with van der Waals surface area (Å²) in [4.78, 5) is 1.30. The number of rotatable bonds is 6. The summed E-state index contributed by atoms with van der Waals surface area (Å²) in [5.74, 6) is 1.09. The van der Waals surface area contributed by atoms with Crippen LogP contribution >= 0.6 is 27.7 Å². The molecule has 0 radical (unpaired) electrons. The van der Waals surface area contributed by atoms with Gasteiger partial charge in [0.05, 0.1) is 15.9 Å². The van der Waals surface area contributed by atoms with Crippen molar-refractivity contribution in [3.05, 3.63) is 45.7 Å². The molecule has 3 nitrogen and oxygen atoms in total. The highest BCUT2D eigenvalue weighted by molar-refractivity contribution is 9.10. The molecule has 0 bridgehead atoms. The van der Waals surface area contributed by atoms with Crippen LogP contribution in [0.3, 0.4) is 0 Å². The van der Waals surface area contributed by atoms with Crippen LogP contribution in [0.15, 0.2) is 33.6 Å². The predicted molar refractivity (Wildman–Crippen MR) is 93.8 cm³/mol. The predicted octanol–water partition coefficient (Wildman–Crippen LogP) is 4.33. The SMILES string of the molecule is CCSc1ccc(C(N)Cc2c(Br)c(C)nn2CC)cc1. The van der Waals surface area contributed by atoms with Gasteiger partial charge in [0.15, 0.2) is 0 Å². The van der Waals surface area contributed by atoms with Crippen LogP contribution in [0.5, 0.6) is 0 Å². The number of benzene rings is 1. The first-order chi connectivity index (χ1) is 10.1. The molecule has 0 aliphatic rings. The molecule has 2 aromatic rings. The first kappa shape index (κ1) is 16.6. The largest absolute Gasteiger partial charge is 0.324 e. The van der Waals surface area contributed by atoms with E-state index in [2.05, 4.69) is 59.1 Å². The van der Waals surface area contributed by atoms with E-state index < -0.39 is 0 Å². The minimum Gasteiger partial charge on any atom is -0.324 e. The number of halogens is 1. The van der Waals surface area contributed by atoms with Crippen LogP contribution in [0, 0.1) is 6.92 Å². The summed E-state index contributed by atoms with van der Waals surface area (Å²) in [5.41, 5.74) is 9.75. The van der Waals surface area contributed by atoms with Gasteiger partial charge in [-0.3, -0.25) is 4.68 Å². The fourth-order valence-corrected chi connectivity index (χ4v) is 3.48. The Bertz CT molecular complexity index is 592. The molecule has 2 rings (SSSR count). The molecular weight excluding hydrogens is 346 g/mol. The molecule has 0 spiro atoms. The van der Waals surface area contributed by atoms with E-state index in [9.17, 15) is 0 Å². The Balaban J connectivity index is 2.15. The van der Waals surface area contributed by atoms with Gasteiger partial charge in [-0.15, -0.1) is 11.8 Å². The third-order valence-electron chi connectivity index (χ3n) is 3.49. The van der Waals surface area contributed by atoms with E-state index in [1.54, 1.807) is 0 Å². The van der Waals surface area contributed by atoms with Gasteiger partial charge in [0.1, 0.15) is 0 Å². The van der Waals surface area contributed by atoms with Gasteiger partial charge in [-0.2, -0.15) is 5.10 Å². The highest BCUT2D eigenvalue weighted by Gasteiger charge is 2.16. The van der Waals surface area contributed by atoms with E-state index >= 15 is 0 Å². The minimum absolute atomic E-state index is 0.0108. The second-order valence-electron chi connectivity index (χ2n) is 4.97. The summed E-state index contributed by atoms with van der Waals surface area (Å²) in [5, 5.41) is 4.52. The molecule has 1 aromatic carbocycles. The van der Waals surface area contributed by atoms with Crippen molar-refractivity contribution in [3.63, 3.8) is 0 Å². The average Bonchev–Trinajstić information content (AvgIpc) is 2.76. The minimum atomic E-state index is -0.0108. The molecule has 0 aliphatic carbocycles. The van der Waals surface area contributed by atoms with Gasteiger partial charge in [0.25, 0.3) is 0 Å². The van der Waals surface area contributed by atoms with Gasteiger partial charge in [-0.05, 0) is 53.2 Å². The second-order valence-corrected chi connectivity index (χ2v) is 7.10. The van der Waals surface area contributed by atoms with Crippen molar-refractivity contribution in [2.75, 3.05) is 5.75 Å². The topological polar surface area (TPSA) is 43.8 Å². The molecule has 1 aromatic heterocycles. The number of nitrogens with zero attached hydrogens (tertiary/aromatic N) is 2. The summed E-state index contributed by atoms with van der Waals surface area (Å²) in [6.45, 7) is 7.14. The Labute approximate surface area is 139 Å². The lowest BCUT2D eigenvalue weighted by molar-refractivity contribution is 0.586.